The van der Waals surface area contributed by atoms with E-state index in [4.69, 9.17) is 28.9 Å². The van der Waals surface area contributed by atoms with E-state index in [1.807, 2.05) is 24.3 Å². The Morgan fingerprint density at radius 3 is 2.14 bits per heavy atom. The molecule has 29 heavy (non-hydrogen) atoms. The smallest absolute Gasteiger partial charge is 0.338 e. The minimum Gasteiger partial charge on any atom is -0.338 e. The lowest BCUT2D eigenvalue weighted by Gasteiger charge is -2.09. The molecule has 3 nitrogen and oxygen atoms in total. The van der Waals surface area contributed by atoms with E-state index < -0.39 is 11.7 Å². The molecule has 8 heteroatoms. The van der Waals surface area contributed by atoms with Crippen LogP contribution in [0.4, 0.5) is 13.2 Å². The summed E-state index contributed by atoms with van der Waals surface area (Å²) in [4.78, 5) is 7.23. The largest absolute Gasteiger partial charge is 0.416 e. The van der Waals surface area contributed by atoms with Crippen molar-refractivity contribution >= 4 is 34.2 Å². The van der Waals surface area contributed by atoms with Gasteiger partial charge in [-0.05, 0) is 47.0 Å². The van der Waals surface area contributed by atoms with Crippen molar-refractivity contribution in [2.75, 3.05) is 0 Å². The third-order valence-electron chi connectivity index (χ3n) is 4.61. The van der Waals surface area contributed by atoms with Crippen LogP contribution in [0.1, 0.15) is 11.1 Å². The number of aromatic nitrogens is 2. The summed E-state index contributed by atoms with van der Waals surface area (Å²) in [6.07, 6.45) is -4.43. The molecule has 0 saturated heterocycles. The molecule has 148 valence electrons. The highest BCUT2D eigenvalue weighted by molar-refractivity contribution is 6.39. The average Bonchev–Trinajstić information content (AvgIpc) is 3.09. The minimum atomic E-state index is -4.43. The van der Waals surface area contributed by atoms with Gasteiger partial charge in [-0.1, -0.05) is 47.5 Å². The Hall–Kier alpha value is -2.54. The van der Waals surface area contributed by atoms with Gasteiger partial charge >= 0.3 is 6.18 Å². The highest BCUT2D eigenvalue weighted by atomic mass is 35.5. The number of benzene rings is 3. The molecular formula is C21H14Cl2F3N3. The quantitative estimate of drug-likeness (QED) is 0.376. The first-order valence-electron chi connectivity index (χ1n) is 8.62. The number of H-pyrrole nitrogens is 1. The molecule has 0 fully saturated rings. The van der Waals surface area contributed by atoms with Crippen molar-refractivity contribution in [3.8, 4) is 22.5 Å². The number of alkyl halides is 3. The number of rotatable bonds is 3. The SMILES string of the molecule is NCc1ccc(-c2cc(Cl)c(-c3nc4ccc(C(F)(F)F)cc4[nH]3)c(Cl)c2)cc1. The minimum absolute atomic E-state index is 0.253. The number of nitrogens with two attached hydrogens (primary N) is 1. The fourth-order valence-corrected chi connectivity index (χ4v) is 3.77. The molecule has 0 saturated carbocycles. The van der Waals surface area contributed by atoms with Gasteiger partial charge in [-0.25, -0.2) is 4.98 Å². The van der Waals surface area contributed by atoms with Crippen LogP contribution in [-0.4, -0.2) is 9.97 Å². The summed E-state index contributed by atoms with van der Waals surface area (Å²) in [7, 11) is 0. The summed E-state index contributed by atoms with van der Waals surface area (Å²) in [5.41, 5.74) is 8.66. The number of halogens is 5. The van der Waals surface area contributed by atoms with Gasteiger partial charge in [0.15, 0.2) is 0 Å². The van der Waals surface area contributed by atoms with Crippen LogP contribution < -0.4 is 5.73 Å². The number of nitrogens with zero attached hydrogens (tertiary/aromatic N) is 1. The maximum Gasteiger partial charge on any atom is 0.416 e. The molecular weight excluding hydrogens is 422 g/mol. The van der Waals surface area contributed by atoms with Gasteiger partial charge in [0.05, 0.1) is 32.2 Å². The molecule has 0 bridgehead atoms. The van der Waals surface area contributed by atoms with Crippen LogP contribution in [0.2, 0.25) is 10.0 Å². The predicted molar refractivity (Wildman–Crippen MR) is 110 cm³/mol. The zero-order chi connectivity index (χ0) is 20.8. The summed E-state index contributed by atoms with van der Waals surface area (Å²) in [5.74, 6) is 0.305. The summed E-state index contributed by atoms with van der Waals surface area (Å²) >= 11 is 12.9. The molecule has 4 rings (SSSR count). The first-order chi connectivity index (χ1) is 13.8. The Labute approximate surface area is 174 Å². The lowest BCUT2D eigenvalue weighted by molar-refractivity contribution is -0.137. The van der Waals surface area contributed by atoms with Gasteiger partial charge < -0.3 is 10.7 Å². The lowest BCUT2D eigenvalue weighted by Crippen LogP contribution is -2.04. The fraction of sp³-hybridized carbons (Fsp3) is 0.0952. The van der Waals surface area contributed by atoms with Crippen LogP contribution in [0.25, 0.3) is 33.5 Å². The van der Waals surface area contributed by atoms with E-state index in [1.54, 1.807) is 12.1 Å². The van der Waals surface area contributed by atoms with Gasteiger partial charge in [0.25, 0.3) is 0 Å². The number of hydrogen-bond acceptors (Lipinski definition) is 2. The van der Waals surface area contributed by atoms with E-state index in [0.717, 1.165) is 28.8 Å². The van der Waals surface area contributed by atoms with Crippen LogP contribution in [0.3, 0.4) is 0 Å². The molecule has 0 radical (unpaired) electrons. The second kappa shape index (κ2) is 7.37. The van der Waals surface area contributed by atoms with Gasteiger partial charge in [0.2, 0.25) is 0 Å². The van der Waals surface area contributed by atoms with E-state index >= 15 is 0 Å². The van der Waals surface area contributed by atoms with Crippen molar-refractivity contribution in [2.24, 2.45) is 5.73 Å². The van der Waals surface area contributed by atoms with Crippen molar-refractivity contribution in [2.45, 2.75) is 12.7 Å². The van der Waals surface area contributed by atoms with Crippen molar-refractivity contribution in [1.29, 1.82) is 0 Å². The maximum absolute atomic E-state index is 12.9. The molecule has 1 aromatic heterocycles. The summed E-state index contributed by atoms with van der Waals surface area (Å²) in [6.45, 7) is 0.447. The Kier molecular flexibility index (Phi) is 5.02. The summed E-state index contributed by atoms with van der Waals surface area (Å²) in [6, 6.07) is 14.5. The third kappa shape index (κ3) is 3.83. The van der Waals surface area contributed by atoms with Gasteiger partial charge in [0.1, 0.15) is 5.82 Å². The lowest BCUT2D eigenvalue weighted by atomic mass is 10.0. The Morgan fingerprint density at radius 1 is 0.897 bits per heavy atom. The third-order valence-corrected chi connectivity index (χ3v) is 5.21. The van der Waals surface area contributed by atoms with Crippen molar-refractivity contribution in [3.63, 3.8) is 0 Å². The number of imidazole rings is 1. The van der Waals surface area contributed by atoms with E-state index in [1.165, 1.54) is 6.07 Å². The second-order valence-corrected chi connectivity index (χ2v) is 7.35. The van der Waals surface area contributed by atoms with Crippen molar-refractivity contribution in [3.05, 3.63) is 75.8 Å². The Balaban J connectivity index is 1.76. The summed E-state index contributed by atoms with van der Waals surface area (Å²) in [5, 5.41) is 0.677. The standard InChI is InChI=1S/C21H14Cl2F3N3/c22-15-7-13(12-3-1-11(10-27)2-4-12)8-16(23)19(15)20-28-17-6-5-14(21(24,25)26)9-18(17)29-20/h1-9H,10,27H2,(H,28,29). The number of fused-ring (bicyclic) bond motifs is 1. The monoisotopic (exact) mass is 435 g/mol. The first-order valence-corrected chi connectivity index (χ1v) is 9.37. The average molecular weight is 436 g/mol. The molecule has 4 aromatic rings. The highest BCUT2D eigenvalue weighted by Gasteiger charge is 2.30. The molecule has 0 unspecified atom stereocenters. The molecule has 3 aromatic carbocycles. The van der Waals surface area contributed by atoms with Gasteiger partial charge in [0, 0.05) is 6.54 Å². The summed E-state index contributed by atoms with van der Waals surface area (Å²) < 4.78 is 38.8. The first kappa shape index (κ1) is 19.8. The molecule has 3 N–H and O–H groups in total. The highest BCUT2D eigenvalue weighted by Crippen LogP contribution is 2.39. The predicted octanol–water partition coefficient (Wildman–Crippen LogP) is 6.68. The number of nitrogens with one attached hydrogen (secondary N) is 1. The molecule has 0 atom stereocenters. The molecule has 0 amide bonds. The number of aromatic amines is 1. The Bertz CT molecular complexity index is 1180. The van der Waals surface area contributed by atoms with Crippen molar-refractivity contribution < 1.29 is 13.2 Å². The topological polar surface area (TPSA) is 54.7 Å². The van der Waals surface area contributed by atoms with Crippen LogP contribution in [-0.2, 0) is 12.7 Å². The normalized spacial score (nSPS) is 11.9. The van der Waals surface area contributed by atoms with Crippen LogP contribution in [0.15, 0.2) is 54.6 Å². The Morgan fingerprint density at radius 2 is 1.55 bits per heavy atom. The van der Waals surface area contributed by atoms with Gasteiger partial charge in [-0.2, -0.15) is 13.2 Å². The fourth-order valence-electron chi connectivity index (χ4n) is 3.10. The molecule has 1 heterocycles. The zero-order valence-corrected chi connectivity index (χ0v) is 16.3. The van der Waals surface area contributed by atoms with Crippen LogP contribution in [0.5, 0.6) is 0 Å². The maximum atomic E-state index is 12.9. The van der Waals surface area contributed by atoms with E-state index in [2.05, 4.69) is 9.97 Å². The van der Waals surface area contributed by atoms with Gasteiger partial charge in [-0.15, -0.1) is 0 Å². The molecule has 0 aliphatic heterocycles. The molecule has 0 aliphatic carbocycles. The van der Waals surface area contributed by atoms with E-state index in [-0.39, 0.29) is 5.52 Å². The van der Waals surface area contributed by atoms with Crippen LogP contribution >= 0.6 is 23.2 Å². The molecule has 0 spiro atoms. The van der Waals surface area contributed by atoms with Crippen molar-refractivity contribution in [1.82, 2.24) is 9.97 Å². The second-order valence-electron chi connectivity index (χ2n) is 6.53. The van der Waals surface area contributed by atoms with Crippen LogP contribution in [0, 0.1) is 0 Å². The number of hydrogen-bond donors (Lipinski definition) is 2. The zero-order valence-electron chi connectivity index (χ0n) is 14.8. The van der Waals surface area contributed by atoms with Gasteiger partial charge in [-0.3, -0.25) is 0 Å². The van der Waals surface area contributed by atoms with E-state index in [0.29, 0.717) is 33.5 Å². The molecule has 0 aliphatic rings. The van der Waals surface area contributed by atoms with E-state index in [9.17, 15) is 13.2 Å².